The first kappa shape index (κ1) is 18.8. The summed E-state index contributed by atoms with van der Waals surface area (Å²) in [6.07, 6.45) is 11.7. The summed E-state index contributed by atoms with van der Waals surface area (Å²) in [7, 11) is 0. The molecule has 4 heteroatoms. The zero-order chi connectivity index (χ0) is 19.2. The van der Waals surface area contributed by atoms with E-state index in [0.717, 1.165) is 34.2 Å². The second-order valence-corrected chi connectivity index (χ2v) is 8.11. The zero-order valence-corrected chi connectivity index (χ0v) is 16.6. The molecule has 1 aliphatic heterocycles. The maximum Gasteiger partial charge on any atom is 0.266 e. The van der Waals surface area contributed by atoms with E-state index >= 15 is 0 Å². The molecule has 1 amide bonds. The smallest absolute Gasteiger partial charge is 0.266 e. The van der Waals surface area contributed by atoms with Gasteiger partial charge < -0.3 is 0 Å². The average molecular weight is 389 g/mol. The first-order valence-corrected chi connectivity index (χ1v) is 10.7. The summed E-state index contributed by atoms with van der Waals surface area (Å²) in [5, 5.41) is 0.808. The van der Waals surface area contributed by atoms with Crippen molar-refractivity contribution in [2.75, 3.05) is 0 Å². The number of benzene rings is 2. The highest BCUT2D eigenvalue weighted by molar-refractivity contribution is 8.18. The van der Waals surface area contributed by atoms with Crippen molar-refractivity contribution in [3.63, 3.8) is 0 Å². The molecule has 0 N–H and O–H groups in total. The van der Waals surface area contributed by atoms with Crippen LogP contribution in [0.3, 0.4) is 0 Å². The van der Waals surface area contributed by atoms with Gasteiger partial charge in [-0.3, -0.25) is 9.69 Å². The van der Waals surface area contributed by atoms with Gasteiger partial charge in [-0.15, -0.1) is 0 Å². The van der Waals surface area contributed by atoms with Crippen molar-refractivity contribution in [1.82, 2.24) is 4.90 Å². The van der Waals surface area contributed by atoms with Crippen LogP contribution in [0.2, 0.25) is 0 Å². The van der Waals surface area contributed by atoms with E-state index in [0.29, 0.717) is 0 Å². The highest BCUT2D eigenvalue weighted by Gasteiger charge is 2.38. The second kappa shape index (κ2) is 9.07. The monoisotopic (exact) mass is 388 g/mol. The third kappa shape index (κ3) is 4.45. The van der Waals surface area contributed by atoms with Crippen molar-refractivity contribution in [1.29, 1.82) is 0 Å². The van der Waals surface area contributed by atoms with E-state index in [1.165, 1.54) is 31.0 Å². The molecule has 3 nitrogen and oxygen atoms in total. The Balaban J connectivity index is 1.61. The van der Waals surface area contributed by atoms with Gasteiger partial charge >= 0.3 is 0 Å². The number of amides is 1. The van der Waals surface area contributed by atoms with Crippen LogP contribution in [0, 0.1) is 0 Å². The van der Waals surface area contributed by atoms with Crippen LogP contribution in [-0.2, 0) is 4.79 Å². The molecule has 2 aliphatic rings. The minimum Gasteiger partial charge on any atom is -0.283 e. The van der Waals surface area contributed by atoms with Gasteiger partial charge in [-0.25, -0.2) is 4.99 Å². The maximum atomic E-state index is 13.2. The van der Waals surface area contributed by atoms with E-state index in [2.05, 4.69) is 12.1 Å². The quantitative estimate of drug-likeness (QED) is 0.586. The van der Waals surface area contributed by atoms with E-state index in [1.807, 2.05) is 71.7 Å². The number of carbonyl (C=O) groups is 1. The number of para-hydroxylation sites is 1. The van der Waals surface area contributed by atoms with Crippen molar-refractivity contribution < 1.29 is 4.79 Å². The van der Waals surface area contributed by atoms with Crippen LogP contribution in [0.5, 0.6) is 0 Å². The van der Waals surface area contributed by atoms with Crippen LogP contribution in [0.25, 0.3) is 6.08 Å². The van der Waals surface area contributed by atoms with Gasteiger partial charge in [0, 0.05) is 6.04 Å². The Hall–Kier alpha value is -2.59. The Kier molecular flexibility index (Phi) is 6.07. The van der Waals surface area contributed by atoms with Gasteiger partial charge in [0.25, 0.3) is 5.91 Å². The van der Waals surface area contributed by atoms with Gasteiger partial charge in [-0.05, 0) is 48.4 Å². The van der Waals surface area contributed by atoms with Gasteiger partial charge in [-0.1, -0.05) is 79.9 Å². The van der Waals surface area contributed by atoms with E-state index in [4.69, 9.17) is 4.99 Å². The maximum absolute atomic E-state index is 13.2. The Morgan fingerprint density at radius 1 is 0.929 bits per heavy atom. The summed E-state index contributed by atoms with van der Waals surface area (Å²) in [6.45, 7) is 0. The van der Waals surface area contributed by atoms with Gasteiger partial charge in [0.05, 0.1) is 10.6 Å². The molecule has 0 spiro atoms. The SMILES string of the molecule is O=C1/C(=C/C=C\c2ccccc2)SC(=Nc2ccccc2)N1C1CCCCC1. The predicted octanol–water partition coefficient (Wildman–Crippen LogP) is 6.18. The number of aliphatic imine (C=N–C) groups is 1. The Morgan fingerprint density at radius 2 is 1.61 bits per heavy atom. The number of nitrogens with zero attached hydrogens (tertiary/aromatic N) is 2. The molecule has 2 aromatic rings. The first-order valence-electron chi connectivity index (χ1n) is 9.90. The van der Waals surface area contributed by atoms with E-state index in [-0.39, 0.29) is 11.9 Å². The fourth-order valence-electron chi connectivity index (χ4n) is 3.66. The molecule has 0 bridgehead atoms. The molecular weight excluding hydrogens is 364 g/mol. The van der Waals surface area contributed by atoms with Crippen LogP contribution in [0.15, 0.2) is 82.7 Å². The fourth-order valence-corrected chi connectivity index (χ4v) is 4.67. The van der Waals surface area contributed by atoms with Gasteiger partial charge in [-0.2, -0.15) is 0 Å². The highest BCUT2D eigenvalue weighted by atomic mass is 32.2. The lowest BCUT2D eigenvalue weighted by molar-refractivity contribution is -0.124. The molecule has 0 atom stereocenters. The van der Waals surface area contributed by atoms with Crippen molar-refractivity contribution in [3.05, 3.63) is 83.3 Å². The third-order valence-electron chi connectivity index (χ3n) is 5.09. The minimum absolute atomic E-state index is 0.0873. The molecule has 4 rings (SSSR count). The number of carbonyl (C=O) groups excluding carboxylic acids is 1. The molecule has 1 aliphatic carbocycles. The molecule has 0 aromatic heterocycles. The van der Waals surface area contributed by atoms with Crippen LogP contribution < -0.4 is 0 Å². The predicted molar refractivity (Wildman–Crippen MR) is 118 cm³/mol. The van der Waals surface area contributed by atoms with E-state index in [9.17, 15) is 4.79 Å². The molecule has 2 fully saturated rings. The largest absolute Gasteiger partial charge is 0.283 e. The average Bonchev–Trinajstić information content (AvgIpc) is 3.05. The molecular formula is C24H24N2OS. The first-order chi connectivity index (χ1) is 13.8. The van der Waals surface area contributed by atoms with Crippen molar-refractivity contribution >= 4 is 34.6 Å². The number of hydrogen-bond acceptors (Lipinski definition) is 3. The van der Waals surface area contributed by atoms with Gasteiger partial charge in [0.2, 0.25) is 0 Å². The highest BCUT2D eigenvalue weighted by Crippen LogP contribution is 2.37. The number of thioether (sulfide) groups is 1. The summed E-state index contributed by atoms with van der Waals surface area (Å²) in [5.74, 6) is 0.0873. The van der Waals surface area contributed by atoms with Crippen molar-refractivity contribution in [2.24, 2.45) is 4.99 Å². The topological polar surface area (TPSA) is 32.7 Å². The van der Waals surface area contributed by atoms with Crippen molar-refractivity contribution in [2.45, 2.75) is 38.1 Å². The van der Waals surface area contributed by atoms with Crippen LogP contribution in [-0.4, -0.2) is 22.0 Å². The summed E-state index contributed by atoms with van der Waals surface area (Å²) in [5.41, 5.74) is 2.01. The number of rotatable bonds is 4. The van der Waals surface area contributed by atoms with Crippen LogP contribution in [0.1, 0.15) is 37.7 Å². The standard InChI is InChI=1S/C24H24N2OS/c27-23-22(18-10-13-19-11-4-1-5-12-19)28-24(25-20-14-6-2-7-15-20)26(23)21-16-8-3-9-17-21/h1-2,4-7,10-15,18,21H,3,8-9,16-17H2/b13-10-,22-18-,25-24?. The lowest BCUT2D eigenvalue weighted by Crippen LogP contribution is -2.40. The molecule has 28 heavy (non-hydrogen) atoms. The molecule has 142 valence electrons. The number of hydrogen-bond donors (Lipinski definition) is 0. The fraction of sp³-hybridized carbons (Fsp3) is 0.250. The van der Waals surface area contributed by atoms with E-state index in [1.54, 1.807) is 0 Å². The molecule has 0 radical (unpaired) electrons. The van der Waals surface area contributed by atoms with Gasteiger partial charge in [0.15, 0.2) is 5.17 Å². The normalized spacial score (nSPS) is 21.3. The zero-order valence-electron chi connectivity index (χ0n) is 15.8. The Labute approximate surface area is 170 Å². The van der Waals surface area contributed by atoms with E-state index < -0.39 is 0 Å². The van der Waals surface area contributed by atoms with Gasteiger partial charge in [0.1, 0.15) is 0 Å². The molecule has 1 saturated carbocycles. The summed E-state index contributed by atoms with van der Waals surface area (Å²) < 4.78 is 0. The summed E-state index contributed by atoms with van der Waals surface area (Å²) in [4.78, 5) is 20.7. The molecule has 1 heterocycles. The summed E-state index contributed by atoms with van der Waals surface area (Å²) >= 11 is 1.49. The van der Waals surface area contributed by atoms with Crippen molar-refractivity contribution in [3.8, 4) is 0 Å². The summed E-state index contributed by atoms with van der Waals surface area (Å²) in [6, 6.07) is 20.3. The lowest BCUT2D eigenvalue weighted by atomic mass is 9.94. The minimum atomic E-state index is 0.0873. The van der Waals surface area contributed by atoms with Crippen LogP contribution >= 0.6 is 11.8 Å². The second-order valence-electron chi connectivity index (χ2n) is 7.10. The molecule has 2 aromatic carbocycles. The number of allylic oxidation sites excluding steroid dienone is 2. The molecule has 0 unspecified atom stereocenters. The van der Waals surface area contributed by atoms with Crippen LogP contribution in [0.4, 0.5) is 5.69 Å². The number of amidine groups is 1. The third-order valence-corrected chi connectivity index (χ3v) is 6.09. The Bertz CT molecular complexity index is 897. The Morgan fingerprint density at radius 3 is 2.32 bits per heavy atom. The lowest BCUT2D eigenvalue weighted by Gasteiger charge is -2.30. The molecule has 1 saturated heterocycles.